The Morgan fingerprint density at radius 1 is 0.956 bits per heavy atom. The minimum absolute atomic E-state index is 0.0327. The highest BCUT2D eigenvalue weighted by Crippen LogP contribution is 2.40. The highest BCUT2D eigenvalue weighted by atomic mass is 35.5. The number of carbonyl (C=O) groups is 2. The van der Waals surface area contributed by atoms with E-state index in [4.69, 9.17) is 16.3 Å². The number of benzene rings is 2. The van der Waals surface area contributed by atoms with E-state index in [9.17, 15) is 22.8 Å². The van der Waals surface area contributed by atoms with Crippen LogP contribution in [0.15, 0.2) is 48.7 Å². The zero-order valence-electron chi connectivity index (χ0n) is 25.2. The van der Waals surface area contributed by atoms with Crippen molar-refractivity contribution in [2.45, 2.75) is 51.2 Å². The first-order chi connectivity index (χ1) is 21.6. The van der Waals surface area contributed by atoms with Gasteiger partial charge >= 0.3 is 12.1 Å². The Morgan fingerprint density at radius 3 is 2.33 bits per heavy atom. The summed E-state index contributed by atoms with van der Waals surface area (Å²) in [5.41, 5.74) is 2.14. The monoisotopic (exact) mass is 643 g/mol. The van der Waals surface area contributed by atoms with Crippen LogP contribution in [-0.4, -0.2) is 72.4 Å². The van der Waals surface area contributed by atoms with E-state index in [1.807, 2.05) is 28.0 Å². The molecule has 3 fully saturated rings. The fourth-order valence-corrected chi connectivity index (χ4v) is 6.78. The van der Waals surface area contributed by atoms with E-state index in [0.29, 0.717) is 30.3 Å². The van der Waals surface area contributed by atoms with Crippen LogP contribution in [0.25, 0.3) is 11.1 Å². The lowest BCUT2D eigenvalue weighted by molar-refractivity contribution is -0.145. The Hall–Kier alpha value is -3.73. The molecule has 3 heterocycles. The molecule has 2 aromatic carbocycles. The van der Waals surface area contributed by atoms with Gasteiger partial charge in [0.2, 0.25) is 5.91 Å². The molecule has 1 aliphatic carbocycles. The normalized spacial score (nSPS) is 19.4. The minimum atomic E-state index is -4.78. The van der Waals surface area contributed by atoms with Crippen LogP contribution in [0, 0.1) is 5.92 Å². The number of carbonyl (C=O) groups excluding carboxylic acids is 2. The van der Waals surface area contributed by atoms with Crippen molar-refractivity contribution in [1.29, 1.82) is 0 Å². The van der Waals surface area contributed by atoms with Gasteiger partial charge < -0.3 is 19.4 Å². The SMILES string of the molecule is CCOC(=O)c1cnn(C2CCCN(c3cc(Cl)ccc3-c3ccc(N4CCN(C(=O)C5CCC5)CC4)cc3)C2)c1C(F)(F)F. The van der Waals surface area contributed by atoms with Gasteiger partial charge in [-0.1, -0.05) is 36.2 Å². The van der Waals surface area contributed by atoms with Gasteiger partial charge in [-0.25, -0.2) is 4.79 Å². The number of halogens is 4. The molecule has 8 nitrogen and oxygen atoms in total. The van der Waals surface area contributed by atoms with Gasteiger partial charge in [0.05, 0.1) is 18.8 Å². The van der Waals surface area contributed by atoms with E-state index in [1.165, 1.54) is 0 Å². The number of amides is 1. The summed E-state index contributed by atoms with van der Waals surface area (Å²) in [5, 5.41) is 4.57. The van der Waals surface area contributed by atoms with Gasteiger partial charge in [0.25, 0.3) is 0 Å². The predicted molar refractivity (Wildman–Crippen MR) is 167 cm³/mol. The van der Waals surface area contributed by atoms with Crippen molar-refractivity contribution in [3.8, 4) is 11.1 Å². The number of nitrogens with zero attached hydrogens (tertiary/aromatic N) is 5. The van der Waals surface area contributed by atoms with Crippen LogP contribution >= 0.6 is 11.6 Å². The third-order valence-corrected chi connectivity index (χ3v) is 9.43. The molecule has 0 N–H and O–H groups in total. The van der Waals surface area contributed by atoms with Crippen molar-refractivity contribution >= 4 is 34.9 Å². The van der Waals surface area contributed by atoms with Crippen LogP contribution in [0.4, 0.5) is 24.5 Å². The van der Waals surface area contributed by atoms with Crippen LogP contribution in [0.1, 0.15) is 61.1 Å². The van der Waals surface area contributed by atoms with Crippen LogP contribution in [0.2, 0.25) is 5.02 Å². The zero-order chi connectivity index (χ0) is 31.7. The third-order valence-electron chi connectivity index (χ3n) is 9.19. The average Bonchev–Trinajstić information content (AvgIpc) is 3.47. The number of hydrogen-bond donors (Lipinski definition) is 0. The zero-order valence-corrected chi connectivity index (χ0v) is 26.0. The van der Waals surface area contributed by atoms with Crippen LogP contribution < -0.4 is 9.80 Å². The summed E-state index contributed by atoms with van der Waals surface area (Å²) in [6, 6.07) is 13.3. The molecular weight excluding hydrogens is 607 g/mol. The second-order valence-corrected chi connectivity index (χ2v) is 12.4. The Labute approximate surface area is 265 Å². The van der Waals surface area contributed by atoms with Gasteiger partial charge in [-0.3, -0.25) is 9.48 Å². The van der Waals surface area contributed by atoms with Gasteiger partial charge in [-0.05, 0) is 62.4 Å². The van der Waals surface area contributed by atoms with Crippen LogP contribution in [-0.2, 0) is 15.7 Å². The Kier molecular flexibility index (Phi) is 8.99. The number of piperidine rings is 1. The lowest BCUT2D eigenvalue weighted by Crippen LogP contribution is -2.51. The number of alkyl halides is 3. The number of esters is 1. The van der Waals surface area contributed by atoms with E-state index in [1.54, 1.807) is 6.92 Å². The summed E-state index contributed by atoms with van der Waals surface area (Å²) < 4.78 is 48.4. The summed E-state index contributed by atoms with van der Waals surface area (Å²) in [6.07, 6.45) is 0.474. The highest BCUT2D eigenvalue weighted by molar-refractivity contribution is 6.31. The molecule has 1 unspecified atom stereocenters. The first-order valence-corrected chi connectivity index (χ1v) is 16.0. The molecule has 45 heavy (non-hydrogen) atoms. The number of ether oxygens (including phenoxy) is 1. The van der Waals surface area contributed by atoms with E-state index >= 15 is 0 Å². The number of rotatable bonds is 7. The smallest absolute Gasteiger partial charge is 0.433 e. The van der Waals surface area contributed by atoms with E-state index in [2.05, 4.69) is 34.3 Å². The topological polar surface area (TPSA) is 70.9 Å². The quantitative estimate of drug-likeness (QED) is 0.267. The molecule has 1 amide bonds. The fraction of sp³-hybridized carbons (Fsp3) is 0.485. The van der Waals surface area contributed by atoms with Crippen molar-refractivity contribution < 1.29 is 27.5 Å². The van der Waals surface area contributed by atoms with Gasteiger partial charge in [-0.15, -0.1) is 0 Å². The first-order valence-electron chi connectivity index (χ1n) is 15.6. The summed E-state index contributed by atoms with van der Waals surface area (Å²) >= 11 is 6.44. The molecule has 0 bridgehead atoms. The second kappa shape index (κ2) is 12.9. The van der Waals surface area contributed by atoms with Crippen LogP contribution in [0.5, 0.6) is 0 Å². The maximum Gasteiger partial charge on any atom is 0.433 e. The van der Waals surface area contributed by atoms with Crippen molar-refractivity contribution in [3.05, 3.63) is 64.9 Å². The lowest BCUT2D eigenvalue weighted by atomic mass is 9.84. The summed E-state index contributed by atoms with van der Waals surface area (Å²) in [6.45, 7) is 5.43. The molecule has 1 saturated carbocycles. The minimum Gasteiger partial charge on any atom is -0.462 e. The summed E-state index contributed by atoms with van der Waals surface area (Å²) in [4.78, 5) is 31.3. The molecule has 2 saturated heterocycles. The van der Waals surface area contributed by atoms with Gasteiger partial charge in [-0.2, -0.15) is 18.3 Å². The molecule has 12 heteroatoms. The van der Waals surface area contributed by atoms with Gasteiger partial charge in [0.15, 0.2) is 5.69 Å². The Bertz CT molecular complexity index is 1530. The highest BCUT2D eigenvalue weighted by Gasteiger charge is 2.43. The lowest BCUT2D eigenvalue weighted by Gasteiger charge is -2.39. The maximum absolute atomic E-state index is 14.2. The maximum atomic E-state index is 14.2. The molecule has 240 valence electrons. The van der Waals surface area contributed by atoms with Crippen molar-refractivity contribution in [2.75, 3.05) is 55.7 Å². The van der Waals surface area contributed by atoms with Gasteiger partial charge in [0.1, 0.15) is 5.56 Å². The number of hydrogen-bond acceptors (Lipinski definition) is 6. The predicted octanol–water partition coefficient (Wildman–Crippen LogP) is 6.69. The van der Waals surface area contributed by atoms with Crippen molar-refractivity contribution in [1.82, 2.24) is 14.7 Å². The largest absolute Gasteiger partial charge is 0.462 e. The number of aromatic nitrogens is 2. The molecule has 3 aromatic rings. The molecule has 0 spiro atoms. The number of anilines is 2. The molecule has 0 radical (unpaired) electrons. The van der Waals surface area contributed by atoms with Crippen LogP contribution in [0.3, 0.4) is 0 Å². The standard InChI is InChI=1S/C33H37ClF3N5O3/c1-2-45-32(44)28-20-38-42(30(28)33(35,36)37)26-7-4-14-41(21-26)29-19-24(34)10-13-27(29)22-8-11-25(12-9-22)39-15-17-40(18-16-39)31(43)23-5-3-6-23/h8-13,19-20,23,26H,2-7,14-18,21H2,1H3. The molecule has 2 aliphatic heterocycles. The summed E-state index contributed by atoms with van der Waals surface area (Å²) in [5.74, 6) is -0.519. The second-order valence-electron chi connectivity index (χ2n) is 12.0. The van der Waals surface area contributed by atoms with E-state index in [-0.39, 0.29) is 19.1 Å². The average molecular weight is 644 g/mol. The van der Waals surface area contributed by atoms with Crippen molar-refractivity contribution in [3.63, 3.8) is 0 Å². The van der Waals surface area contributed by atoms with Gasteiger partial charge in [0, 0.05) is 67.1 Å². The molecular formula is C33H37ClF3N5O3. The Morgan fingerprint density at radius 2 is 1.69 bits per heavy atom. The van der Waals surface area contributed by atoms with Crippen molar-refractivity contribution in [2.24, 2.45) is 5.92 Å². The third kappa shape index (κ3) is 6.50. The molecule has 1 atom stereocenters. The van der Waals surface area contributed by atoms with E-state index in [0.717, 1.165) is 78.8 Å². The molecule has 1 aromatic heterocycles. The Balaban J connectivity index is 1.20. The first kappa shape index (κ1) is 31.3. The summed E-state index contributed by atoms with van der Waals surface area (Å²) in [7, 11) is 0. The molecule has 6 rings (SSSR count). The van der Waals surface area contributed by atoms with E-state index < -0.39 is 29.4 Å². The fourth-order valence-electron chi connectivity index (χ4n) is 6.61. The molecule has 3 aliphatic rings. The number of piperazine rings is 1.